The number of rotatable bonds is 5. The minimum atomic E-state index is -4.26. The molecule has 0 radical (unpaired) electrons. The van der Waals surface area contributed by atoms with Crippen molar-refractivity contribution >= 4 is 22.8 Å². The number of halogens is 3. The molecule has 18 heavy (non-hydrogen) atoms. The maximum Gasteiger partial charge on any atom is 0.406 e. The Morgan fingerprint density at radius 3 is 2.61 bits per heavy atom. The molecule has 1 aromatic heterocycles. The molecule has 1 heterocycles. The molecule has 0 bridgehead atoms. The van der Waals surface area contributed by atoms with Gasteiger partial charge in [0.2, 0.25) is 0 Å². The Balaban J connectivity index is 2.22. The fourth-order valence-corrected chi connectivity index (χ4v) is 2.76. The quantitative estimate of drug-likeness (QED) is 0.775. The molecule has 0 atom stereocenters. The van der Waals surface area contributed by atoms with Gasteiger partial charge in [-0.2, -0.15) is 13.2 Å². The molecule has 0 spiro atoms. The Kier molecular flexibility index (Phi) is 3.61. The van der Waals surface area contributed by atoms with Gasteiger partial charge in [0.25, 0.3) is 0 Å². The lowest BCUT2D eigenvalue weighted by molar-refractivity contribution is -0.119. The maximum atomic E-state index is 12.4. The van der Waals surface area contributed by atoms with Crippen molar-refractivity contribution in [1.29, 1.82) is 0 Å². The standard InChI is InChI=1S/C11H13F3N2OS/c1-2-16(6-11(12,13)14)10-15-9(7-3-4-7)8(5-17)18-10/h5,7H,2-4,6H2,1H3. The molecule has 7 heteroatoms. The molecule has 1 aromatic rings. The highest BCUT2D eigenvalue weighted by Crippen LogP contribution is 2.43. The highest BCUT2D eigenvalue weighted by atomic mass is 32.1. The summed E-state index contributed by atoms with van der Waals surface area (Å²) in [5.41, 5.74) is 0.672. The van der Waals surface area contributed by atoms with Crippen LogP contribution in [0.2, 0.25) is 0 Å². The Morgan fingerprint density at radius 1 is 1.50 bits per heavy atom. The number of alkyl halides is 3. The van der Waals surface area contributed by atoms with E-state index < -0.39 is 12.7 Å². The van der Waals surface area contributed by atoms with E-state index >= 15 is 0 Å². The van der Waals surface area contributed by atoms with Gasteiger partial charge in [-0.05, 0) is 19.8 Å². The van der Waals surface area contributed by atoms with E-state index in [2.05, 4.69) is 4.98 Å². The van der Waals surface area contributed by atoms with Crippen LogP contribution in [-0.2, 0) is 0 Å². The average molecular weight is 278 g/mol. The molecular weight excluding hydrogens is 265 g/mol. The second-order valence-electron chi connectivity index (χ2n) is 4.27. The molecule has 0 N–H and O–H groups in total. The monoisotopic (exact) mass is 278 g/mol. The predicted molar refractivity (Wildman–Crippen MR) is 63.4 cm³/mol. The van der Waals surface area contributed by atoms with E-state index in [1.165, 1.54) is 0 Å². The van der Waals surface area contributed by atoms with Gasteiger partial charge in [-0.15, -0.1) is 0 Å². The zero-order chi connectivity index (χ0) is 13.3. The van der Waals surface area contributed by atoms with E-state index in [0.717, 1.165) is 29.1 Å². The van der Waals surface area contributed by atoms with Crippen molar-refractivity contribution in [1.82, 2.24) is 4.98 Å². The van der Waals surface area contributed by atoms with E-state index in [-0.39, 0.29) is 12.5 Å². The second kappa shape index (κ2) is 4.87. The summed E-state index contributed by atoms with van der Waals surface area (Å²) in [6.07, 6.45) is -1.64. The topological polar surface area (TPSA) is 33.2 Å². The van der Waals surface area contributed by atoms with Crippen LogP contribution in [0.15, 0.2) is 0 Å². The Morgan fingerprint density at radius 2 is 2.17 bits per heavy atom. The molecular formula is C11H13F3N2OS. The van der Waals surface area contributed by atoms with Gasteiger partial charge >= 0.3 is 6.18 Å². The molecule has 1 aliphatic carbocycles. The Labute approximate surface area is 107 Å². The largest absolute Gasteiger partial charge is 0.406 e. The van der Waals surface area contributed by atoms with E-state index in [1.807, 2.05) is 0 Å². The third-order valence-corrected chi connectivity index (χ3v) is 3.82. The summed E-state index contributed by atoms with van der Waals surface area (Å²) >= 11 is 1.05. The molecule has 2 rings (SSSR count). The number of aromatic nitrogens is 1. The van der Waals surface area contributed by atoms with Crippen molar-refractivity contribution in [2.45, 2.75) is 31.9 Å². The van der Waals surface area contributed by atoms with Gasteiger partial charge in [-0.25, -0.2) is 4.98 Å². The van der Waals surface area contributed by atoms with E-state index in [1.54, 1.807) is 6.92 Å². The lowest BCUT2D eigenvalue weighted by Gasteiger charge is -2.21. The van der Waals surface area contributed by atoms with Crippen LogP contribution in [0.5, 0.6) is 0 Å². The van der Waals surface area contributed by atoms with Crippen molar-refractivity contribution in [2.75, 3.05) is 18.0 Å². The summed E-state index contributed by atoms with van der Waals surface area (Å²) in [7, 11) is 0. The molecule has 0 aromatic carbocycles. The summed E-state index contributed by atoms with van der Waals surface area (Å²) in [5.74, 6) is 0.264. The number of carbonyl (C=O) groups excluding carboxylic acids is 1. The highest BCUT2D eigenvalue weighted by molar-refractivity contribution is 7.17. The first-order valence-electron chi connectivity index (χ1n) is 5.72. The molecule has 3 nitrogen and oxygen atoms in total. The molecule has 0 unspecified atom stereocenters. The third kappa shape index (κ3) is 3.01. The highest BCUT2D eigenvalue weighted by Gasteiger charge is 2.34. The number of hydrogen-bond acceptors (Lipinski definition) is 4. The lowest BCUT2D eigenvalue weighted by Crippen LogP contribution is -2.34. The summed E-state index contributed by atoms with van der Waals surface area (Å²) in [4.78, 5) is 16.7. The van der Waals surface area contributed by atoms with E-state index in [4.69, 9.17) is 0 Å². The van der Waals surface area contributed by atoms with Crippen LogP contribution in [0.25, 0.3) is 0 Å². The zero-order valence-electron chi connectivity index (χ0n) is 9.83. The normalized spacial score (nSPS) is 15.8. The van der Waals surface area contributed by atoms with Gasteiger partial charge in [0.1, 0.15) is 6.54 Å². The summed E-state index contributed by atoms with van der Waals surface area (Å²) in [6.45, 7) is 0.833. The first-order chi connectivity index (χ1) is 8.44. The Bertz CT molecular complexity index is 440. The molecule has 0 aliphatic heterocycles. The van der Waals surface area contributed by atoms with Gasteiger partial charge in [0.15, 0.2) is 11.4 Å². The Hall–Kier alpha value is -1.11. The van der Waals surface area contributed by atoms with Crippen molar-refractivity contribution in [3.05, 3.63) is 10.6 Å². The van der Waals surface area contributed by atoms with Crippen LogP contribution in [0.3, 0.4) is 0 Å². The van der Waals surface area contributed by atoms with Gasteiger partial charge in [0.05, 0.1) is 10.6 Å². The van der Waals surface area contributed by atoms with Gasteiger partial charge in [0, 0.05) is 12.5 Å². The van der Waals surface area contributed by atoms with Crippen molar-refractivity contribution in [3.63, 3.8) is 0 Å². The number of aldehydes is 1. The molecule has 1 saturated carbocycles. The first-order valence-corrected chi connectivity index (χ1v) is 6.54. The van der Waals surface area contributed by atoms with Gasteiger partial charge in [-0.1, -0.05) is 11.3 Å². The van der Waals surface area contributed by atoms with Crippen LogP contribution in [-0.4, -0.2) is 30.5 Å². The molecule has 0 saturated heterocycles. The van der Waals surface area contributed by atoms with Crippen LogP contribution in [0.1, 0.15) is 41.0 Å². The van der Waals surface area contributed by atoms with Gasteiger partial charge < -0.3 is 4.90 Å². The number of nitrogens with zero attached hydrogens (tertiary/aromatic N) is 2. The number of hydrogen-bond donors (Lipinski definition) is 0. The fraction of sp³-hybridized carbons (Fsp3) is 0.636. The lowest BCUT2D eigenvalue weighted by atomic mass is 10.3. The van der Waals surface area contributed by atoms with Crippen molar-refractivity contribution in [2.24, 2.45) is 0 Å². The molecule has 1 fully saturated rings. The predicted octanol–water partition coefficient (Wildman–Crippen LogP) is 3.22. The van der Waals surface area contributed by atoms with Crippen molar-refractivity contribution < 1.29 is 18.0 Å². The van der Waals surface area contributed by atoms with E-state index in [9.17, 15) is 18.0 Å². The van der Waals surface area contributed by atoms with Gasteiger partial charge in [-0.3, -0.25) is 4.79 Å². The number of anilines is 1. The van der Waals surface area contributed by atoms with Crippen molar-refractivity contribution in [3.8, 4) is 0 Å². The molecule has 0 amide bonds. The van der Waals surface area contributed by atoms with E-state index in [0.29, 0.717) is 22.0 Å². The average Bonchev–Trinajstić information content (AvgIpc) is 3.04. The van der Waals surface area contributed by atoms with Crippen LogP contribution >= 0.6 is 11.3 Å². The molecule has 1 aliphatic rings. The first kappa shape index (κ1) is 13.3. The minimum Gasteiger partial charge on any atom is -0.339 e. The smallest absolute Gasteiger partial charge is 0.339 e. The van der Waals surface area contributed by atoms with Crippen LogP contribution < -0.4 is 4.90 Å². The summed E-state index contributed by atoms with van der Waals surface area (Å²) in [6, 6.07) is 0. The minimum absolute atomic E-state index is 0.218. The number of thiazole rings is 1. The SMILES string of the molecule is CCN(CC(F)(F)F)c1nc(C2CC2)c(C=O)s1. The van der Waals surface area contributed by atoms with Crippen LogP contribution in [0.4, 0.5) is 18.3 Å². The fourth-order valence-electron chi connectivity index (χ4n) is 1.73. The van der Waals surface area contributed by atoms with Crippen LogP contribution in [0, 0.1) is 0 Å². The zero-order valence-corrected chi connectivity index (χ0v) is 10.6. The third-order valence-electron chi connectivity index (χ3n) is 2.76. The maximum absolute atomic E-state index is 12.4. The summed E-state index contributed by atoms with van der Waals surface area (Å²) in [5, 5.41) is 0.291. The second-order valence-corrected chi connectivity index (χ2v) is 5.28. The summed E-state index contributed by atoms with van der Waals surface area (Å²) < 4.78 is 37.2. The number of carbonyl (C=O) groups is 1. The molecule has 100 valence electrons.